The molecule has 182 valence electrons. The number of rotatable bonds is 5. The molecule has 0 aliphatic rings. The van der Waals surface area contributed by atoms with Crippen LogP contribution in [0.25, 0.3) is 10.8 Å². The lowest BCUT2D eigenvalue weighted by Crippen LogP contribution is -2.15. The van der Waals surface area contributed by atoms with Crippen molar-refractivity contribution in [2.45, 2.75) is 4.90 Å². The van der Waals surface area contributed by atoms with Crippen molar-refractivity contribution in [1.82, 2.24) is 4.31 Å². The lowest BCUT2D eigenvalue weighted by atomic mass is 10.0. The summed E-state index contributed by atoms with van der Waals surface area (Å²) in [6.45, 7) is 0. The molecule has 0 bridgehead atoms. The smallest absolute Gasteiger partial charge is 0.259 e. The summed E-state index contributed by atoms with van der Waals surface area (Å²) < 4.78 is 18.3. The third-order valence-electron chi connectivity index (χ3n) is 5.07. The molecule has 9 heteroatoms. The molecule has 0 spiro atoms. The maximum Gasteiger partial charge on any atom is 0.259 e. The lowest BCUT2D eigenvalue weighted by Gasteiger charge is -2.11. The Balaban J connectivity index is 0.000000214. The molecule has 1 amide bonds. The molecule has 35 heavy (non-hydrogen) atoms. The van der Waals surface area contributed by atoms with Gasteiger partial charge in [0.15, 0.2) is 5.75 Å². The van der Waals surface area contributed by atoms with Gasteiger partial charge in [0.05, 0.1) is 28.9 Å². The van der Waals surface area contributed by atoms with Crippen LogP contribution in [0.4, 0.5) is 17.1 Å². The van der Waals surface area contributed by atoms with Gasteiger partial charge in [-0.1, -0.05) is 42.5 Å². The van der Waals surface area contributed by atoms with Crippen LogP contribution in [0, 0.1) is 0 Å². The van der Waals surface area contributed by atoms with Gasteiger partial charge in [0, 0.05) is 11.1 Å². The lowest BCUT2D eigenvalue weighted by molar-refractivity contribution is 0.102. The first-order valence-electron chi connectivity index (χ1n) is 10.6. The van der Waals surface area contributed by atoms with E-state index in [-0.39, 0.29) is 17.0 Å². The Hall–Kier alpha value is -4.08. The minimum Gasteiger partial charge on any atom is -0.505 e. The topological polar surface area (TPSA) is 131 Å². The number of phenolic OH excluding ortho intramolecular Hbond substituents is 1. The number of nitrogen functional groups attached to an aromatic ring is 2. The molecule has 6 N–H and O–H groups in total. The molecule has 1 atom stereocenters. The number of carbonyl (C=O) groups is 1. The zero-order chi connectivity index (χ0) is 25.5. The molecule has 0 aromatic heterocycles. The van der Waals surface area contributed by atoms with Gasteiger partial charge in [-0.2, -0.15) is 0 Å². The molecule has 1 unspecified atom stereocenters. The van der Waals surface area contributed by atoms with Gasteiger partial charge in [0.1, 0.15) is 16.7 Å². The number of para-hydroxylation sites is 1. The van der Waals surface area contributed by atoms with Crippen LogP contribution in [0.15, 0.2) is 83.8 Å². The summed E-state index contributed by atoms with van der Waals surface area (Å²) in [6, 6.07) is 23.2. The molecule has 0 aliphatic carbocycles. The molecule has 4 aromatic carbocycles. The van der Waals surface area contributed by atoms with Gasteiger partial charge in [-0.3, -0.25) is 4.79 Å². The Morgan fingerprint density at radius 2 is 1.63 bits per heavy atom. The number of anilines is 3. The van der Waals surface area contributed by atoms with E-state index in [4.69, 9.17) is 16.2 Å². The Labute approximate surface area is 206 Å². The Bertz CT molecular complexity index is 1360. The maximum absolute atomic E-state index is 12.3. The Morgan fingerprint density at radius 3 is 2.26 bits per heavy atom. The predicted molar refractivity (Wildman–Crippen MR) is 142 cm³/mol. The van der Waals surface area contributed by atoms with E-state index in [0.29, 0.717) is 22.0 Å². The van der Waals surface area contributed by atoms with Crippen molar-refractivity contribution < 1.29 is 18.8 Å². The van der Waals surface area contributed by atoms with Gasteiger partial charge in [-0.05, 0) is 55.9 Å². The second-order valence-electron chi connectivity index (χ2n) is 7.69. The average Bonchev–Trinajstić information content (AvgIpc) is 2.86. The summed E-state index contributed by atoms with van der Waals surface area (Å²) in [4.78, 5) is 13.0. The predicted octanol–water partition coefficient (Wildman–Crippen LogP) is 4.24. The second kappa shape index (κ2) is 11.4. The number of aromatic hydroxyl groups is 1. The number of carbonyl (C=O) groups excluding carboxylic acids is 1. The SMILES string of the molecule is COc1ccc(S(=O)N(C)C)cc1N.Nc1c(O)c(C(=O)Nc2ccccc2)cc2ccccc12. The third kappa shape index (κ3) is 6.08. The van der Waals surface area contributed by atoms with Crippen LogP contribution < -0.4 is 21.5 Å². The van der Waals surface area contributed by atoms with Gasteiger partial charge >= 0.3 is 0 Å². The highest BCUT2D eigenvalue weighted by atomic mass is 32.2. The summed E-state index contributed by atoms with van der Waals surface area (Å²) >= 11 is 0. The highest BCUT2D eigenvalue weighted by Crippen LogP contribution is 2.34. The molecule has 0 aliphatic heterocycles. The van der Waals surface area contributed by atoms with Crippen molar-refractivity contribution in [2.24, 2.45) is 0 Å². The van der Waals surface area contributed by atoms with Crippen molar-refractivity contribution >= 4 is 44.7 Å². The molecule has 0 saturated carbocycles. The van der Waals surface area contributed by atoms with E-state index in [1.54, 1.807) is 61.9 Å². The van der Waals surface area contributed by atoms with Crippen molar-refractivity contribution in [3.63, 3.8) is 0 Å². The van der Waals surface area contributed by atoms with Gasteiger partial charge in [0.25, 0.3) is 5.91 Å². The molecule has 0 radical (unpaired) electrons. The molecule has 0 fully saturated rings. The third-order valence-corrected chi connectivity index (χ3v) is 6.39. The van der Waals surface area contributed by atoms with Crippen molar-refractivity contribution in [3.05, 3.63) is 84.4 Å². The van der Waals surface area contributed by atoms with Crippen molar-refractivity contribution in [1.29, 1.82) is 0 Å². The van der Waals surface area contributed by atoms with Crippen LogP contribution in [-0.2, 0) is 11.0 Å². The summed E-state index contributed by atoms with van der Waals surface area (Å²) in [7, 11) is 3.89. The molecule has 0 heterocycles. The molecule has 0 saturated heterocycles. The van der Waals surface area contributed by atoms with Crippen LogP contribution in [-0.4, -0.2) is 40.7 Å². The van der Waals surface area contributed by atoms with Crippen LogP contribution >= 0.6 is 0 Å². The second-order valence-corrected chi connectivity index (χ2v) is 9.39. The highest BCUT2D eigenvalue weighted by Gasteiger charge is 2.16. The molecule has 4 rings (SSSR count). The number of nitrogens with zero attached hydrogens (tertiary/aromatic N) is 1. The number of hydrogen-bond donors (Lipinski definition) is 4. The summed E-state index contributed by atoms with van der Waals surface area (Å²) in [5.41, 5.74) is 13.1. The van der Waals surface area contributed by atoms with E-state index in [1.165, 1.54) is 0 Å². The van der Waals surface area contributed by atoms with E-state index in [2.05, 4.69) is 5.32 Å². The number of phenols is 1. The number of amides is 1. The van der Waals surface area contributed by atoms with Crippen molar-refractivity contribution in [3.8, 4) is 11.5 Å². The Kier molecular flexibility index (Phi) is 8.30. The number of hydrogen-bond acceptors (Lipinski definition) is 6. The average molecular weight is 493 g/mol. The van der Waals surface area contributed by atoms with E-state index in [9.17, 15) is 14.1 Å². The summed E-state index contributed by atoms with van der Waals surface area (Å²) in [6.07, 6.45) is 0. The van der Waals surface area contributed by atoms with Gasteiger partial charge < -0.3 is 26.6 Å². The van der Waals surface area contributed by atoms with E-state index in [0.717, 1.165) is 10.8 Å². The number of ether oxygens (including phenoxy) is 1. The van der Waals surface area contributed by atoms with Crippen LogP contribution in [0.2, 0.25) is 0 Å². The zero-order valence-corrected chi connectivity index (χ0v) is 20.5. The van der Waals surface area contributed by atoms with E-state index in [1.807, 2.05) is 42.5 Å². The first-order valence-corrected chi connectivity index (χ1v) is 11.7. The number of nitrogens with one attached hydrogen (secondary N) is 1. The number of nitrogens with two attached hydrogens (primary N) is 2. The zero-order valence-electron chi connectivity index (χ0n) is 19.7. The summed E-state index contributed by atoms with van der Waals surface area (Å²) in [5, 5.41) is 14.4. The molecular formula is C26H28N4O4S. The fraction of sp³-hybridized carbons (Fsp3) is 0.115. The molecule has 8 nitrogen and oxygen atoms in total. The van der Waals surface area contributed by atoms with Gasteiger partial charge in [0.2, 0.25) is 0 Å². The van der Waals surface area contributed by atoms with Gasteiger partial charge in [-0.15, -0.1) is 0 Å². The summed E-state index contributed by atoms with van der Waals surface area (Å²) in [5.74, 6) is 0.0165. The van der Waals surface area contributed by atoms with Gasteiger partial charge in [-0.25, -0.2) is 8.51 Å². The molecular weight excluding hydrogens is 464 g/mol. The highest BCUT2D eigenvalue weighted by molar-refractivity contribution is 7.82. The first-order chi connectivity index (χ1) is 16.7. The largest absolute Gasteiger partial charge is 0.505 e. The van der Waals surface area contributed by atoms with E-state index < -0.39 is 16.9 Å². The fourth-order valence-electron chi connectivity index (χ4n) is 3.29. The number of benzene rings is 4. The quantitative estimate of drug-likeness (QED) is 0.243. The fourth-order valence-corrected chi connectivity index (χ4v) is 4.12. The van der Waals surface area contributed by atoms with Crippen molar-refractivity contribution in [2.75, 3.05) is 38.0 Å². The monoisotopic (exact) mass is 492 g/mol. The van der Waals surface area contributed by atoms with Crippen LogP contribution in [0.3, 0.4) is 0 Å². The first kappa shape index (κ1) is 25.5. The van der Waals surface area contributed by atoms with Crippen LogP contribution in [0.5, 0.6) is 11.5 Å². The Morgan fingerprint density at radius 1 is 0.971 bits per heavy atom. The number of methoxy groups -OCH3 is 1. The normalized spacial score (nSPS) is 11.4. The van der Waals surface area contributed by atoms with E-state index >= 15 is 0 Å². The molecule has 4 aromatic rings. The maximum atomic E-state index is 12.3. The minimum atomic E-state index is -1.16. The minimum absolute atomic E-state index is 0.162. The number of fused-ring (bicyclic) bond motifs is 1. The van der Waals surface area contributed by atoms with Crippen LogP contribution in [0.1, 0.15) is 10.4 Å². The standard InChI is InChI=1S/C17H14N2O2.C9H14N2O2S/c18-15-13-9-5-4-6-11(13)10-14(16(15)20)17(21)19-12-7-2-1-3-8-12;1-11(2)14(12)7-4-5-9(13-3)8(10)6-7/h1-10,20H,18H2,(H,19,21);4-6H,10H2,1-3H3.